The van der Waals surface area contributed by atoms with Gasteiger partial charge in [-0.25, -0.2) is 4.98 Å². The third kappa shape index (κ3) is 3.97. The van der Waals surface area contributed by atoms with E-state index in [4.69, 9.17) is 9.15 Å². The molecule has 138 valence electrons. The van der Waals surface area contributed by atoms with Crippen molar-refractivity contribution in [3.63, 3.8) is 0 Å². The summed E-state index contributed by atoms with van der Waals surface area (Å²) >= 11 is 0. The standard InChI is InChI=1S/C20H25N3O3/c24-20(23-9-11-25-12-10-23)17-7-4-8-22(13-17)14-18-15-26-19(21-18)16-5-2-1-3-6-16/h1-3,5-6,15,17H,4,7-14H2. The highest BCUT2D eigenvalue weighted by Crippen LogP contribution is 2.23. The number of carbonyl (C=O) groups is 1. The Kier molecular flexibility index (Phi) is 5.32. The Morgan fingerprint density at radius 2 is 1.96 bits per heavy atom. The van der Waals surface area contributed by atoms with Crippen LogP contribution in [0, 0.1) is 5.92 Å². The zero-order valence-corrected chi connectivity index (χ0v) is 15.0. The second kappa shape index (κ2) is 8.01. The predicted molar refractivity (Wildman–Crippen MR) is 97.3 cm³/mol. The van der Waals surface area contributed by atoms with Gasteiger partial charge < -0.3 is 14.1 Å². The van der Waals surface area contributed by atoms with Crippen LogP contribution in [0.25, 0.3) is 11.5 Å². The summed E-state index contributed by atoms with van der Waals surface area (Å²) in [5.74, 6) is 1.02. The lowest BCUT2D eigenvalue weighted by atomic mass is 9.96. The van der Waals surface area contributed by atoms with Crippen molar-refractivity contribution in [2.24, 2.45) is 5.92 Å². The van der Waals surface area contributed by atoms with Crippen LogP contribution >= 0.6 is 0 Å². The van der Waals surface area contributed by atoms with E-state index in [0.717, 1.165) is 56.8 Å². The Bertz CT molecular complexity index is 725. The van der Waals surface area contributed by atoms with Gasteiger partial charge in [0, 0.05) is 31.7 Å². The smallest absolute Gasteiger partial charge is 0.227 e. The van der Waals surface area contributed by atoms with Gasteiger partial charge in [0.15, 0.2) is 0 Å². The third-order valence-electron chi connectivity index (χ3n) is 5.14. The van der Waals surface area contributed by atoms with Crippen molar-refractivity contribution in [1.82, 2.24) is 14.8 Å². The van der Waals surface area contributed by atoms with Crippen LogP contribution in [0.5, 0.6) is 0 Å². The number of nitrogens with zero attached hydrogens (tertiary/aromatic N) is 3. The summed E-state index contributed by atoms with van der Waals surface area (Å²) < 4.78 is 11.0. The summed E-state index contributed by atoms with van der Waals surface area (Å²) in [6, 6.07) is 9.92. The first-order chi connectivity index (χ1) is 12.8. The molecule has 3 heterocycles. The van der Waals surface area contributed by atoms with Gasteiger partial charge in [0.05, 0.1) is 24.8 Å². The normalized spacial score (nSPS) is 21.7. The van der Waals surface area contributed by atoms with E-state index in [-0.39, 0.29) is 11.8 Å². The molecule has 0 saturated carbocycles. The van der Waals surface area contributed by atoms with Crippen molar-refractivity contribution in [1.29, 1.82) is 0 Å². The molecule has 2 aliphatic rings. The van der Waals surface area contributed by atoms with Crippen LogP contribution in [0.4, 0.5) is 0 Å². The summed E-state index contributed by atoms with van der Waals surface area (Å²) in [4.78, 5) is 21.6. The minimum Gasteiger partial charge on any atom is -0.444 e. The average Bonchev–Trinajstić information content (AvgIpc) is 3.17. The maximum atomic E-state index is 12.7. The van der Waals surface area contributed by atoms with Crippen molar-refractivity contribution in [3.05, 3.63) is 42.3 Å². The largest absolute Gasteiger partial charge is 0.444 e. The van der Waals surface area contributed by atoms with Gasteiger partial charge >= 0.3 is 0 Å². The van der Waals surface area contributed by atoms with Crippen LogP contribution in [0.2, 0.25) is 0 Å². The van der Waals surface area contributed by atoms with Gasteiger partial charge in [-0.2, -0.15) is 0 Å². The molecular weight excluding hydrogens is 330 g/mol. The van der Waals surface area contributed by atoms with Gasteiger partial charge in [0.1, 0.15) is 6.26 Å². The van der Waals surface area contributed by atoms with Crippen molar-refractivity contribution < 1.29 is 13.9 Å². The van der Waals surface area contributed by atoms with E-state index in [1.54, 1.807) is 6.26 Å². The average molecular weight is 355 g/mol. The molecule has 0 bridgehead atoms. The molecule has 26 heavy (non-hydrogen) atoms. The number of rotatable bonds is 4. The van der Waals surface area contributed by atoms with Crippen LogP contribution in [0.15, 0.2) is 41.0 Å². The van der Waals surface area contributed by atoms with E-state index in [1.807, 2.05) is 35.2 Å². The van der Waals surface area contributed by atoms with Crippen LogP contribution in [0.1, 0.15) is 18.5 Å². The van der Waals surface area contributed by atoms with Crippen LogP contribution in [0.3, 0.4) is 0 Å². The highest BCUT2D eigenvalue weighted by atomic mass is 16.5. The quantitative estimate of drug-likeness (QED) is 0.843. The summed E-state index contributed by atoms with van der Waals surface area (Å²) in [5, 5.41) is 0. The predicted octanol–water partition coefficient (Wildman–Crippen LogP) is 2.41. The molecule has 1 amide bonds. The number of ether oxygens (including phenoxy) is 1. The van der Waals surface area contributed by atoms with Crippen molar-refractivity contribution >= 4 is 5.91 Å². The van der Waals surface area contributed by atoms with Crippen LogP contribution in [-0.2, 0) is 16.1 Å². The molecule has 0 radical (unpaired) electrons. The topological polar surface area (TPSA) is 58.8 Å². The number of oxazole rings is 1. The molecule has 2 fully saturated rings. The third-order valence-corrected chi connectivity index (χ3v) is 5.14. The second-order valence-corrected chi connectivity index (χ2v) is 7.02. The lowest BCUT2D eigenvalue weighted by Crippen LogP contribution is -2.48. The van der Waals surface area contributed by atoms with Crippen LogP contribution < -0.4 is 0 Å². The number of benzene rings is 1. The van der Waals surface area contributed by atoms with Crippen molar-refractivity contribution in [2.45, 2.75) is 19.4 Å². The molecule has 0 aliphatic carbocycles. The Morgan fingerprint density at radius 3 is 2.77 bits per heavy atom. The Balaban J connectivity index is 1.36. The molecule has 0 spiro atoms. The Morgan fingerprint density at radius 1 is 1.15 bits per heavy atom. The van der Waals surface area contributed by atoms with E-state index in [1.165, 1.54) is 0 Å². The Labute approximate surface area is 153 Å². The van der Waals surface area contributed by atoms with E-state index in [9.17, 15) is 4.79 Å². The maximum absolute atomic E-state index is 12.7. The van der Waals surface area contributed by atoms with E-state index < -0.39 is 0 Å². The summed E-state index contributed by atoms with van der Waals surface area (Å²) in [5.41, 5.74) is 1.90. The van der Waals surface area contributed by atoms with E-state index >= 15 is 0 Å². The molecule has 1 aromatic carbocycles. The number of likely N-dealkylation sites (tertiary alicyclic amines) is 1. The first-order valence-electron chi connectivity index (χ1n) is 9.38. The summed E-state index contributed by atoms with van der Waals surface area (Å²) in [7, 11) is 0. The summed E-state index contributed by atoms with van der Waals surface area (Å²) in [6.07, 6.45) is 3.75. The number of carbonyl (C=O) groups excluding carboxylic acids is 1. The molecule has 4 rings (SSSR count). The number of piperidine rings is 1. The number of aromatic nitrogens is 1. The fraction of sp³-hybridized carbons (Fsp3) is 0.500. The molecule has 2 aliphatic heterocycles. The van der Waals surface area contributed by atoms with Gasteiger partial charge in [-0.15, -0.1) is 0 Å². The van der Waals surface area contributed by atoms with Crippen molar-refractivity contribution in [3.8, 4) is 11.5 Å². The summed E-state index contributed by atoms with van der Waals surface area (Å²) in [6.45, 7) is 5.28. The molecule has 2 aromatic rings. The highest BCUT2D eigenvalue weighted by molar-refractivity contribution is 5.79. The zero-order valence-electron chi connectivity index (χ0n) is 15.0. The van der Waals surface area contributed by atoms with E-state index in [2.05, 4.69) is 9.88 Å². The zero-order chi connectivity index (χ0) is 17.8. The number of hydrogen-bond donors (Lipinski definition) is 0. The van der Waals surface area contributed by atoms with Gasteiger partial charge in [-0.3, -0.25) is 9.69 Å². The maximum Gasteiger partial charge on any atom is 0.227 e. The molecule has 1 aromatic heterocycles. The first-order valence-corrected chi connectivity index (χ1v) is 9.38. The minimum atomic E-state index is 0.0855. The first kappa shape index (κ1) is 17.2. The van der Waals surface area contributed by atoms with Gasteiger partial charge in [0.2, 0.25) is 11.8 Å². The minimum absolute atomic E-state index is 0.0855. The highest BCUT2D eigenvalue weighted by Gasteiger charge is 2.30. The Hall–Kier alpha value is -2.18. The fourth-order valence-corrected chi connectivity index (χ4v) is 3.76. The molecule has 1 unspecified atom stereocenters. The molecule has 2 saturated heterocycles. The molecule has 0 N–H and O–H groups in total. The van der Waals surface area contributed by atoms with Gasteiger partial charge in [0.25, 0.3) is 0 Å². The molecule has 1 atom stereocenters. The number of morpholine rings is 1. The van der Waals surface area contributed by atoms with Gasteiger partial charge in [-0.1, -0.05) is 18.2 Å². The lowest BCUT2D eigenvalue weighted by Gasteiger charge is -2.35. The van der Waals surface area contributed by atoms with Crippen LogP contribution in [-0.4, -0.2) is 60.1 Å². The number of amides is 1. The lowest BCUT2D eigenvalue weighted by molar-refractivity contribution is -0.141. The second-order valence-electron chi connectivity index (χ2n) is 7.02. The monoisotopic (exact) mass is 355 g/mol. The molecule has 6 heteroatoms. The number of hydrogen-bond acceptors (Lipinski definition) is 5. The molecule has 6 nitrogen and oxygen atoms in total. The van der Waals surface area contributed by atoms with Crippen molar-refractivity contribution in [2.75, 3.05) is 39.4 Å². The van der Waals surface area contributed by atoms with E-state index in [0.29, 0.717) is 19.1 Å². The fourth-order valence-electron chi connectivity index (χ4n) is 3.76. The molecular formula is C20H25N3O3. The SMILES string of the molecule is O=C(C1CCCN(Cc2coc(-c3ccccc3)n2)C1)N1CCOCC1. The van der Waals surface area contributed by atoms with Gasteiger partial charge in [-0.05, 0) is 31.5 Å².